The minimum absolute atomic E-state index is 0.151. The molecule has 2 rings (SSSR count). The van der Waals surface area contributed by atoms with E-state index in [2.05, 4.69) is 5.32 Å². The first-order valence-corrected chi connectivity index (χ1v) is 6.35. The van der Waals surface area contributed by atoms with Crippen LogP contribution in [0.5, 0.6) is 5.75 Å². The number of hydrogen-bond acceptors (Lipinski definition) is 4. The zero-order chi connectivity index (χ0) is 14.7. The number of carbonyl (C=O) groups is 2. The molecule has 0 radical (unpaired) electrons. The molecule has 6 nitrogen and oxygen atoms in total. The van der Waals surface area contributed by atoms with Gasteiger partial charge in [-0.15, -0.1) is 0 Å². The maximum Gasteiger partial charge on any atom is 0.321 e. The molecule has 1 aliphatic heterocycles. The molecule has 1 saturated heterocycles. The molecule has 1 aromatic rings. The number of methoxy groups -OCH3 is 1. The van der Waals surface area contributed by atoms with E-state index < -0.39 is 23.9 Å². The van der Waals surface area contributed by atoms with Gasteiger partial charge in [0.2, 0.25) is 0 Å². The van der Waals surface area contributed by atoms with Gasteiger partial charge in [-0.2, -0.15) is 0 Å². The minimum atomic E-state index is -1.01. The topological polar surface area (TPSA) is 95.9 Å². The smallest absolute Gasteiger partial charge is 0.321 e. The molecule has 3 N–H and O–H groups in total. The Morgan fingerprint density at radius 3 is 2.75 bits per heavy atom. The first-order valence-electron chi connectivity index (χ1n) is 6.35. The highest BCUT2D eigenvalue weighted by Crippen LogP contribution is 2.35. The second kappa shape index (κ2) is 5.92. The molecule has 108 valence electrons. The summed E-state index contributed by atoms with van der Waals surface area (Å²) in [6.07, 6.45) is -0.175. The van der Waals surface area contributed by atoms with Crippen molar-refractivity contribution < 1.29 is 24.5 Å². The lowest BCUT2D eigenvalue weighted by atomic mass is 9.83. The Morgan fingerprint density at radius 2 is 2.15 bits per heavy atom. The predicted octanol–water partition coefficient (Wildman–Crippen LogP) is 0.926. The van der Waals surface area contributed by atoms with Crippen molar-refractivity contribution in [3.8, 4) is 5.75 Å². The Kier molecular flexibility index (Phi) is 4.24. The van der Waals surface area contributed by atoms with Crippen LogP contribution in [-0.2, 0) is 9.59 Å². The minimum Gasteiger partial charge on any atom is -0.497 e. The first kappa shape index (κ1) is 14.3. The van der Waals surface area contributed by atoms with Crippen LogP contribution in [0, 0.1) is 5.92 Å². The molecule has 1 aromatic carbocycles. The quantitative estimate of drug-likeness (QED) is 0.742. The third kappa shape index (κ3) is 2.91. The molecule has 0 aliphatic carbocycles. The number of carboxylic acid groups (broad SMARTS) is 2. The lowest BCUT2D eigenvalue weighted by molar-refractivity contribution is -0.142. The third-order valence-corrected chi connectivity index (χ3v) is 3.70. The van der Waals surface area contributed by atoms with Crippen molar-refractivity contribution in [3.05, 3.63) is 29.8 Å². The molecule has 0 amide bonds. The number of rotatable bonds is 5. The van der Waals surface area contributed by atoms with Gasteiger partial charge in [-0.1, -0.05) is 12.1 Å². The van der Waals surface area contributed by atoms with E-state index in [1.807, 2.05) is 18.2 Å². The summed E-state index contributed by atoms with van der Waals surface area (Å²) in [7, 11) is 1.56. The lowest BCUT2D eigenvalue weighted by Crippen LogP contribution is -2.36. The highest BCUT2D eigenvalue weighted by molar-refractivity contribution is 5.76. The molecule has 1 heterocycles. The zero-order valence-corrected chi connectivity index (χ0v) is 11.1. The highest BCUT2D eigenvalue weighted by Gasteiger charge is 2.41. The number of hydrogen-bond donors (Lipinski definition) is 3. The van der Waals surface area contributed by atoms with Crippen LogP contribution in [0.15, 0.2) is 24.3 Å². The number of carboxylic acids is 2. The zero-order valence-electron chi connectivity index (χ0n) is 11.1. The van der Waals surface area contributed by atoms with E-state index in [0.29, 0.717) is 12.3 Å². The molecule has 20 heavy (non-hydrogen) atoms. The van der Waals surface area contributed by atoms with Gasteiger partial charge in [0.25, 0.3) is 0 Å². The third-order valence-electron chi connectivity index (χ3n) is 3.70. The Bertz CT molecular complexity index is 516. The SMILES string of the molecule is COc1cccc([C@@H]2CN[C@H](C(=O)O)[C@H]2CC(=O)O)c1. The summed E-state index contributed by atoms with van der Waals surface area (Å²) in [5.41, 5.74) is 0.895. The van der Waals surface area contributed by atoms with Crippen LogP contribution in [0.2, 0.25) is 0 Å². The Balaban J connectivity index is 2.28. The van der Waals surface area contributed by atoms with Crippen molar-refractivity contribution in [3.63, 3.8) is 0 Å². The van der Waals surface area contributed by atoms with E-state index in [1.54, 1.807) is 13.2 Å². The Morgan fingerprint density at radius 1 is 1.40 bits per heavy atom. The molecule has 1 aliphatic rings. The predicted molar refractivity (Wildman–Crippen MR) is 70.9 cm³/mol. The van der Waals surface area contributed by atoms with E-state index in [1.165, 1.54) is 0 Å². The fourth-order valence-corrected chi connectivity index (χ4v) is 2.76. The largest absolute Gasteiger partial charge is 0.497 e. The van der Waals surface area contributed by atoms with Crippen LogP contribution < -0.4 is 10.1 Å². The summed E-state index contributed by atoms with van der Waals surface area (Å²) in [4.78, 5) is 22.2. The standard InChI is InChI=1S/C14H17NO5/c1-20-9-4-2-3-8(5-9)11-7-15-13(14(18)19)10(11)6-12(16)17/h2-5,10-11,13,15H,6-7H2,1H3,(H,16,17)(H,18,19)/t10-,11-,13-/m0/s1. The maximum absolute atomic E-state index is 11.2. The second-order valence-electron chi connectivity index (χ2n) is 4.87. The van der Waals surface area contributed by atoms with Crippen LogP contribution in [0.1, 0.15) is 17.9 Å². The van der Waals surface area contributed by atoms with Gasteiger partial charge in [-0.25, -0.2) is 0 Å². The monoisotopic (exact) mass is 279 g/mol. The Labute approximate surface area is 116 Å². The van der Waals surface area contributed by atoms with Gasteiger partial charge in [0, 0.05) is 18.4 Å². The molecular formula is C14H17NO5. The van der Waals surface area contributed by atoms with E-state index >= 15 is 0 Å². The molecule has 0 aromatic heterocycles. The van der Waals surface area contributed by atoms with Gasteiger partial charge in [-0.05, 0) is 17.7 Å². The summed E-state index contributed by atoms with van der Waals surface area (Å²) >= 11 is 0. The molecule has 1 fully saturated rings. The number of aliphatic carboxylic acids is 2. The normalized spacial score (nSPS) is 25.4. The first-order chi connectivity index (χ1) is 9.52. The van der Waals surface area contributed by atoms with Gasteiger partial charge >= 0.3 is 11.9 Å². The van der Waals surface area contributed by atoms with Crippen molar-refractivity contribution in [2.24, 2.45) is 5.92 Å². The molecule has 3 atom stereocenters. The molecule has 6 heteroatoms. The van der Waals surface area contributed by atoms with E-state index in [0.717, 1.165) is 5.56 Å². The van der Waals surface area contributed by atoms with Gasteiger partial charge in [0.15, 0.2) is 0 Å². The fraction of sp³-hybridized carbons (Fsp3) is 0.429. The van der Waals surface area contributed by atoms with Gasteiger partial charge < -0.3 is 20.3 Å². The Hall–Kier alpha value is -2.08. The number of nitrogens with one attached hydrogen (secondary N) is 1. The van der Waals surface area contributed by atoms with Crippen molar-refractivity contribution in [1.29, 1.82) is 0 Å². The van der Waals surface area contributed by atoms with E-state index in [-0.39, 0.29) is 12.3 Å². The fourth-order valence-electron chi connectivity index (χ4n) is 2.76. The molecule has 0 saturated carbocycles. The lowest BCUT2D eigenvalue weighted by Gasteiger charge is -2.20. The summed E-state index contributed by atoms with van der Waals surface area (Å²) in [6, 6.07) is 6.48. The van der Waals surface area contributed by atoms with Crippen LogP contribution >= 0.6 is 0 Å². The molecule has 0 spiro atoms. The van der Waals surface area contributed by atoms with Crippen molar-refractivity contribution in [1.82, 2.24) is 5.32 Å². The second-order valence-corrected chi connectivity index (χ2v) is 4.87. The van der Waals surface area contributed by atoms with Crippen LogP contribution in [0.3, 0.4) is 0 Å². The summed E-state index contributed by atoms with van der Waals surface area (Å²) in [6.45, 7) is 0.447. The average molecular weight is 279 g/mol. The number of benzene rings is 1. The van der Waals surface area contributed by atoms with Crippen molar-refractivity contribution in [2.75, 3.05) is 13.7 Å². The summed E-state index contributed by atoms with van der Waals surface area (Å²) < 4.78 is 5.15. The summed E-state index contributed by atoms with van der Waals surface area (Å²) in [5, 5.41) is 21.1. The molecular weight excluding hydrogens is 262 g/mol. The van der Waals surface area contributed by atoms with Crippen molar-refractivity contribution >= 4 is 11.9 Å². The maximum atomic E-state index is 11.2. The van der Waals surface area contributed by atoms with Crippen molar-refractivity contribution in [2.45, 2.75) is 18.4 Å². The van der Waals surface area contributed by atoms with E-state index in [9.17, 15) is 14.7 Å². The van der Waals surface area contributed by atoms with Gasteiger partial charge in [0.1, 0.15) is 11.8 Å². The average Bonchev–Trinajstić information content (AvgIpc) is 2.81. The van der Waals surface area contributed by atoms with Gasteiger partial charge in [-0.3, -0.25) is 9.59 Å². The summed E-state index contributed by atoms with van der Waals surface area (Å²) in [5.74, 6) is -1.95. The molecule has 0 unspecified atom stereocenters. The van der Waals surface area contributed by atoms with E-state index in [4.69, 9.17) is 9.84 Å². The number of ether oxygens (including phenoxy) is 1. The van der Waals surface area contributed by atoms with Gasteiger partial charge in [0.05, 0.1) is 13.5 Å². The van der Waals surface area contributed by atoms with Crippen LogP contribution in [-0.4, -0.2) is 41.8 Å². The highest BCUT2D eigenvalue weighted by atomic mass is 16.5. The van der Waals surface area contributed by atoms with Crippen LogP contribution in [0.25, 0.3) is 0 Å². The van der Waals surface area contributed by atoms with Crippen LogP contribution in [0.4, 0.5) is 0 Å². The molecule has 0 bridgehead atoms.